The first-order chi connectivity index (χ1) is 14.0. The molecule has 0 fully saturated rings. The van der Waals surface area contributed by atoms with E-state index in [2.05, 4.69) is 4.85 Å². The summed E-state index contributed by atoms with van der Waals surface area (Å²) in [5.74, 6) is 1.45. The summed E-state index contributed by atoms with van der Waals surface area (Å²) in [6.45, 7) is 14.7. The second-order valence-electron chi connectivity index (χ2n) is 8.17. The van der Waals surface area contributed by atoms with E-state index in [9.17, 15) is 13.2 Å². The smallest absolute Gasteiger partial charge is 0.407 e. The lowest BCUT2D eigenvalue weighted by Crippen LogP contribution is -2.34. The van der Waals surface area contributed by atoms with Gasteiger partial charge in [-0.1, -0.05) is 26.8 Å². The molecule has 0 aliphatic rings. The summed E-state index contributed by atoms with van der Waals surface area (Å²) >= 11 is 0. The maximum Gasteiger partial charge on any atom is 0.407 e. The maximum absolute atomic E-state index is 13.4. The van der Waals surface area contributed by atoms with Crippen LogP contribution >= 0.6 is 0 Å². The lowest BCUT2D eigenvalue weighted by molar-refractivity contribution is -0.136. The van der Waals surface area contributed by atoms with Crippen molar-refractivity contribution in [3.05, 3.63) is 59.4 Å². The van der Waals surface area contributed by atoms with E-state index in [0.717, 1.165) is 11.8 Å². The fraction of sp³-hybridized carbons (Fsp3) is 0.435. The van der Waals surface area contributed by atoms with Gasteiger partial charge in [-0.05, 0) is 48.2 Å². The Hall–Kier alpha value is -2.88. The Balaban J connectivity index is 2.11. The van der Waals surface area contributed by atoms with Gasteiger partial charge in [-0.3, -0.25) is 0 Å². The number of ether oxygens (including phenoxy) is 2. The highest BCUT2D eigenvalue weighted by atomic mass is 19.4. The molecule has 0 N–H and O–H groups in total. The molecule has 2 aromatic rings. The Morgan fingerprint density at radius 1 is 1.00 bits per heavy atom. The minimum absolute atomic E-state index is 0.117. The molecule has 0 heterocycles. The van der Waals surface area contributed by atoms with Gasteiger partial charge < -0.3 is 14.4 Å². The summed E-state index contributed by atoms with van der Waals surface area (Å²) in [6.07, 6.45) is -3.94. The first-order valence-corrected chi connectivity index (χ1v) is 9.64. The Labute approximate surface area is 176 Å². The second-order valence-corrected chi connectivity index (χ2v) is 8.17. The van der Waals surface area contributed by atoms with E-state index in [1.54, 1.807) is 25.3 Å². The molecule has 7 heteroatoms. The van der Waals surface area contributed by atoms with Crippen LogP contribution in [0, 0.1) is 12.0 Å². The summed E-state index contributed by atoms with van der Waals surface area (Å²) < 4.78 is 51.0. The highest BCUT2D eigenvalue weighted by molar-refractivity contribution is 5.62. The molecular formula is C23H27F3N2O2. The number of alkyl halides is 3. The molecule has 0 aromatic heterocycles. The molecule has 0 saturated heterocycles. The van der Waals surface area contributed by atoms with Gasteiger partial charge in [0.15, 0.2) is 5.69 Å². The second kappa shape index (κ2) is 9.75. The van der Waals surface area contributed by atoms with E-state index in [4.69, 9.17) is 16.0 Å². The van der Waals surface area contributed by atoms with Crippen molar-refractivity contribution in [3.63, 3.8) is 0 Å². The zero-order valence-corrected chi connectivity index (χ0v) is 17.7. The topological polar surface area (TPSA) is 26.1 Å². The van der Waals surface area contributed by atoms with Crippen LogP contribution < -0.4 is 14.4 Å². The standard InChI is InChI=1S/C23H27F3N2O2/c1-22(2,3)16-28(13-6-14-30-19-10-8-18(29-5)9-11-19)17-7-12-21(27-4)20(15-17)23(24,25)26/h7-12,15H,6,13-14,16H2,1-3,5H3. The average molecular weight is 420 g/mol. The number of hydrogen-bond donors (Lipinski definition) is 0. The molecule has 0 radical (unpaired) electrons. The van der Waals surface area contributed by atoms with Crippen molar-refractivity contribution < 1.29 is 22.6 Å². The normalized spacial score (nSPS) is 11.7. The fourth-order valence-corrected chi connectivity index (χ4v) is 3.03. The molecule has 162 valence electrons. The fourth-order valence-electron chi connectivity index (χ4n) is 3.03. The van der Waals surface area contributed by atoms with Crippen LogP contribution in [0.1, 0.15) is 32.8 Å². The van der Waals surface area contributed by atoms with Crippen molar-refractivity contribution in [2.24, 2.45) is 5.41 Å². The van der Waals surface area contributed by atoms with Crippen LogP contribution in [-0.4, -0.2) is 26.8 Å². The van der Waals surface area contributed by atoms with Gasteiger partial charge in [-0.2, -0.15) is 13.2 Å². The SMILES string of the molecule is [C-]#[N+]c1ccc(N(CCCOc2ccc(OC)cc2)CC(C)(C)C)cc1C(F)(F)F. The lowest BCUT2D eigenvalue weighted by atomic mass is 9.95. The van der Waals surface area contributed by atoms with Gasteiger partial charge in [-0.25, -0.2) is 4.85 Å². The zero-order chi connectivity index (χ0) is 22.4. The van der Waals surface area contributed by atoms with E-state index >= 15 is 0 Å². The molecule has 0 unspecified atom stereocenters. The summed E-state index contributed by atoms with van der Waals surface area (Å²) in [6, 6.07) is 11.1. The number of benzene rings is 2. The molecule has 0 spiro atoms. The van der Waals surface area contributed by atoms with Crippen molar-refractivity contribution in [1.82, 2.24) is 0 Å². The Kier molecular flexibility index (Phi) is 7.60. The highest BCUT2D eigenvalue weighted by Gasteiger charge is 2.34. The van der Waals surface area contributed by atoms with Crippen LogP contribution in [0.15, 0.2) is 42.5 Å². The third-order valence-corrected chi connectivity index (χ3v) is 4.34. The monoisotopic (exact) mass is 420 g/mol. The number of nitrogens with zero attached hydrogens (tertiary/aromatic N) is 2. The minimum atomic E-state index is -4.57. The third-order valence-electron chi connectivity index (χ3n) is 4.34. The predicted molar refractivity (Wildman–Crippen MR) is 112 cm³/mol. The summed E-state index contributed by atoms with van der Waals surface area (Å²) in [5, 5.41) is 0. The van der Waals surface area contributed by atoms with Gasteiger partial charge in [-0.15, -0.1) is 0 Å². The van der Waals surface area contributed by atoms with Gasteiger partial charge in [0.1, 0.15) is 11.5 Å². The lowest BCUT2D eigenvalue weighted by Gasteiger charge is -2.32. The van der Waals surface area contributed by atoms with E-state index < -0.39 is 11.7 Å². The summed E-state index contributed by atoms with van der Waals surface area (Å²) in [7, 11) is 1.59. The van der Waals surface area contributed by atoms with E-state index in [-0.39, 0.29) is 11.1 Å². The Morgan fingerprint density at radius 2 is 1.63 bits per heavy atom. The average Bonchev–Trinajstić information content (AvgIpc) is 2.68. The van der Waals surface area contributed by atoms with Crippen LogP contribution in [0.4, 0.5) is 24.5 Å². The molecule has 0 amide bonds. The Bertz CT molecular complexity index is 866. The summed E-state index contributed by atoms with van der Waals surface area (Å²) in [5.41, 5.74) is -0.949. The van der Waals surface area contributed by atoms with Crippen LogP contribution in [0.3, 0.4) is 0 Å². The van der Waals surface area contributed by atoms with E-state index in [1.807, 2.05) is 37.8 Å². The number of anilines is 1. The van der Waals surface area contributed by atoms with Gasteiger partial charge in [0, 0.05) is 18.8 Å². The maximum atomic E-state index is 13.4. The minimum Gasteiger partial charge on any atom is -0.497 e. The molecule has 0 aliphatic heterocycles. The molecule has 4 nitrogen and oxygen atoms in total. The van der Waals surface area contributed by atoms with Crippen molar-refractivity contribution in [2.75, 3.05) is 31.7 Å². The van der Waals surface area contributed by atoms with Crippen LogP contribution in [0.5, 0.6) is 11.5 Å². The molecule has 0 bridgehead atoms. The van der Waals surface area contributed by atoms with Crippen molar-refractivity contribution >= 4 is 11.4 Å². The molecule has 2 rings (SSSR count). The van der Waals surface area contributed by atoms with Crippen molar-refractivity contribution in [1.29, 1.82) is 0 Å². The number of rotatable bonds is 8. The number of methoxy groups -OCH3 is 1. The van der Waals surface area contributed by atoms with E-state index in [0.29, 0.717) is 37.6 Å². The first kappa shape index (κ1) is 23.4. The molecule has 0 atom stereocenters. The first-order valence-electron chi connectivity index (χ1n) is 9.64. The van der Waals surface area contributed by atoms with Gasteiger partial charge in [0.25, 0.3) is 0 Å². The number of halogens is 3. The van der Waals surface area contributed by atoms with Gasteiger partial charge in [0.2, 0.25) is 0 Å². The van der Waals surface area contributed by atoms with Crippen molar-refractivity contribution in [2.45, 2.75) is 33.4 Å². The molecule has 0 saturated carbocycles. The van der Waals surface area contributed by atoms with Crippen LogP contribution in [0.2, 0.25) is 0 Å². The van der Waals surface area contributed by atoms with Crippen LogP contribution in [-0.2, 0) is 6.18 Å². The van der Waals surface area contributed by atoms with Gasteiger partial charge in [0.05, 0.1) is 25.9 Å². The zero-order valence-electron chi connectivity index (χ0n) is 17.7. The molecular weight excluding hydrogens is 393 g/mol. The van der Waals surface area contributed by atoms with E-state index in [1.165, 1.54) is 6.07 Å². The molecule has 0 aliphatic carbocycles. The molecule has 30 heavy (non-hydrogen) atoms. The third kappa shape index (κ3) is 6.87. The predicted octanol–water partition coefficient (Wildman–Crippen LogP) is 6.59. The molecule has 2 aromatic carbocycles. The van der Waals surface area contributed by atoms with Gasteiger partial charge >= 0.3 is 6.18 Å². The quantitative estimate of drug-likeness (QED) is 0.356. The van der Waals surface area contributed by atoms with Crippen molar-refractivity contribution in [3.8, 4) is 11.5 Å². The van der Waals surface area contributed by atoms with Crippen LogP contribution in [0.25, 0.3) is 4.85 Å². The largest absolute Gasteiger partial charge is 0.497 e. The highest BCUT2D eigenvalue weighted by Crippen LogP contribution is 2.39. The number of hydrogen-bond acceptors (Lipinski definition) is 3. The Morgan fingerprint density at radius 3 is 2.17 bits per heavy atom. The summed E-state index contributed by atoms with van der Waals surface area (Å²) in [4.78, 5) is 4.93.